The second-order valence-electron chi connectivity index (χ2n) is 8.19. The minimum atomic E-state index is -1.36. The van der Waals surface area contributed by atoms with E-state index in [4.69, 9.17) is 5.73 Å². The molecule has 0 heterocycles. The van der Waals surface area contributed by atoms with E-state index in [1.54, 1.807) is 30.3 Å². The predicted molar refractivity (Wildman–Crippen MR) is 125 cm³/mol. The molecule has 184 valence electrons. The fraction of sp³-hybridized carbons (Fsp3) is 0.458. The molecule has 1 aromatic carbocycles. The Morgan fingerprint density at radius 2 is 1.53 bits per heavy atom. The maximum atomic E-state index is 13.0. The molecule has 0 aromatic heterocycles. The fourth-order valence-corrected chi connectivity index (χ4v) is 3.16. The third-order valence-corrected chi connectivity index (χ3v) is 4.78. The van der Waals surface area contributed by atoms with Gasteiger partial charge >= 0.3 is 5.97 Å². The predicted octanol–water partition coefficient (Wildman–Crippen LogP) is 0.103. The summed E-state index contributed by atoms with van der Waals surface area (Å²) in [5, 5.41) is 17.0. The Hall–Kier alpha value is -3.87. The van der Waals surface area contributed by atoms with Gasteiger partial charge < -0.3 is 26.8 Å². The molecule has 3 atom stereocenters. The van der Waals surface area contributed by atoms with Gasteiger partial charge in [-0.25, -0.2) is 4.79 Å². The zero-order valence-electron chi connectivity index (χ0n) is 19.6. The highest BCUT2D eigenvalue weighted by Gasteiger charge is 2.30. The average Bonchev–Trinajstić information content (AvgIpc) is 2.75. The van der Waals surface area contributed by atoms with Crippen molar-refractivity contribution in [3.63, 3.8) is 0 Å². The van der Waals surface area contributed by atoms with E-state index in [0.29, 0.717) is 6.42 Å². The second kappa shape index (κ2) is 14.3. The van der Waals surface area contributed by atoms with Gasteiger partial charge in [-0.3, -0.25) is 19.2 Å². The van der Waals surface area contributed by atoms with E-state index in [1.165, 1.54) is 6.92 Å². The number of aliphatic carboxylic acids is 1. The quantitative estimate of drug-likeness (QED) is 0.255. The summed E-state index contributed by atoms with van der Waals surface area (Å²) in [5.41, 5.74) is 5.82. The van der Waals surface area contributed by atoms with Crippen molar-refractivity contribution in [2.24, 2.45) is 11.7 Å². The molecule has 1 rings (SSSR count). The first kappa shape index (κ1) is 28.2. The molecular weight excluding hydrogens is 440 g/mol. The molecule has 0 bridgehead atoms. The van der Waals surface area contributed by atoms with Crippen LogP contribution < -0.4 is 21.7 Å². The van der Waals surface area contributed by atoms with Crippen LogP contribution in [0.4, 0.5) is 0 Å². The SMILES string of the molecule is CC#CC(=O)N[C@@H](CC(C)C)C(=O)N[C@@H](Cc1ccccc1)C(=O)N[C@@H](CCC(N)=O)C(=O)O. The van der Waals surface area contributed by atoms with Crippen molar-refractivity contribution in [1.29, 1.82) is 0 Å². The van der Waals surface area contributed by atoms with Crippen molar-refractivity contribution in [1.82, 2.24) is 16.0 Å². The van der Waals surface area contributed by atoms with E-state index >= 15 is 0 Å². The Bertz CT molecular complexity index is 936. The smallest absolute Gasteiger partial charge is 0.326 e. The molecular formula is C24H32N4O6. The standard InChI is InChI=1S/C24H32N4O6/c1-4-8-21(30)26-18(13-15(2)3)22(31)28-19(14-16-9-6-5-7-10-16)23(32)27-17(24(33)34)11-12-20(25)29/h5-7,9-10,15,17-19H,11-14H2,1-3H3,(H2,25,29)(H,26,30)(H,27,32)(H,28,31)(H,33,34)/t17-,18-,19-/m0/s1. The molecule has 0 saturated carbocycles. The zero-order chi connectivity index (χ0) is 25.7. The molecule has 4 amide bonds. The Morgan fingerprint density at radius 1 is 0.941 bits per heavy atom. The lowest BCUT2D eigenvalue weighted by atomic mass is 10.0. The van der Waals surface area contributed by atoms with Crippen LogP contribution in [0.2, 0.25) is 0 Å². The van der Waals surface area contributed by atoms with Crippen molar-refractivity contribution < 1.29 is 29.1 Å². The van der Waals surface area contributed by atoms with E-state index in [1.807, 2.05) is 13.8 Å². The summed E-state index contributed by atoms with van der Waals surface area (Å²) in [5.74, 6) is 0.850. The largest absolute Gasteiger partial charge is 0.480 e. The van der Waals surface area contributed by atoms with Crippen molar-refractivity contribution in [3.8, 4) is 11.8 Å². The molecule has 6 N–H and O–H groups in total. The summed E-state index contributed by atoms with van der Waals surface area (Å²) < 4.78 is 0. The van der Waals surface area contributed by atoms with Gasteiger partial charge in [0.15, 0.2) is 0 Å². The maximum absolute atomic E-state index is 13.0. The van der Waals surface area contributed by atoms with Crippen molar-refractivity contribution >= 4 is 29.6 Å². The number of primary amides is 1. The van der Waals surface area contributed by atoms with E-state index in [2.05, 4.69) is 27.8 Å². The first-order valence-corrected chi connectivity index (χ1v) is 10.9. The molecule has 0 spiro atoms. The first-order valence-electron chi connectivity index (χ1n) is 10.9. The summed E-state index contributed by atoms with van der Waals surface area (Å²) in [6.45, 7) is 5.25. The van der Waals surface area contributed by atoms with Gasteiger partial charge in [-0.2, -0.15) is 0 Å². The fourth-order valence-electron chi connectivity index (χ4n) is 3.16. The zero-order valence-corrected chi connectivity index (χ0v) is 19.6. The van der Waals surface area contributed by atoms with Gasteiger partial charge in [0.2, 0.25) is 17.7 Å². The molecule has 34 heavy (non-hydrogen) atoms. The summed E-state index contributed by atoms with van der Waals surface area (Å²) in [4.78, 5) is 60.6. The summed E-state index contributed by atoms with van der Waals surface area (Å²) >= 11 is 0. The average molecular weight is 473 g/mol. The molecule has 0 radical (unpaired) electrons. The van der Waals surface area contributed by atoms with Crippen LogP contribution in [0.25, 0.3) is 0 Å². The Kier molecular flexibility index (Phi) is 11.9. The van der Waals surface area contributed by atoms with Gasteiger partial charge in [0.05, 0.1) is 0 Å². The van der Waals surface area contributed by atoms with Crippen LogP contribution in [0.5, 0.6) is 0 Å². The first-order chi connectivity index (χ1) is 16.0. The lowest BCUT2D eigenvalue weighted by Crippen LogP contribution is -2.56. The lowest BCUT2D eigenvalue weighted by Gasteiger charge is -2.25. The summed E-state index contributed by atoms with van der Waals surface area (Å²) in [6.07, 6.45) is -0.0330. The van der Waals surface area contributed by atoms with E-state index in [9.17, 15) is 29.1 Å². The van der Waals surface area contributed by atoms with Crippen LogP contribution in [-0.4, -0.2) is 52.8 Å². The van der Waals surface area contributed by atoms with E-state index in [0.717, 1.165) is 5.56 Å². The highest BCUT2D eigenvalue weighted by atomic mass is 16.4. The van der Waals surface area contributed by atoms with Crippen LogP contribution >= 0.6 is 0 Å². The summed E-state index contributed by atoms with van der Waals surface area (Å²) in [7, 11) is 0. The van der Waals surface area contributed by atoms with Crippen LogP contribution in [0.3, 0.4) is 0 Å². The molecule has 0 unspecified atom stereocenters. The molecule has 10 heteroatoms. The highest BCUT2D eigenvalue weighted by Crippen LogP contribution is 2.09. The number of benzene rings is 1. The number of nitrogens with one attached hydrogen (secondary N) is 3. The molecule has 0 aliphatic carbocycles. The van der Waals surface area contributed by atoms with Gasteiger partial charge in [0.1, 0.15) is 18.1 Å². The minimum absolute atomic E-state index is 0.0530. The topological polar surface area (TPSA) is 168 Å². The molecule has 0 saturated heterocycles. The third kappa shape index (κ3) is 10.6. The molecule has 1 aromatic rings. The Balaban J connectivity index is 3.10. The van der Waals surface area contributed by atoms with Crippen LogP contribution in [-0.2, 0) is 30.4 Å². The van der Waals surface area contributed by atoms with Gasteiger partial charge in [-0.1, -0.05) is 50.1 Å². The van der Waals surface area contributed by atoms with Crippen molar-refractivity contribution in [3.05, 3.63) is 35.9 Å². The number of hydrogen-bond donors (Lipinski definition) is 5. The number of carboxylic acids is 1. The van der Waals surface area contributed by atoms with Gasteiger partial charge in [0, 0.05) is 12.8 Å². The number of amides is 4. The summed E-state index contributed by atoms with van der Waals surface area (Å²) in [6, 6.07) is 5.43. The van der Waals surface area contributed by atoms with E-state index in [-0.39, 0.29) is 25.2 Å². The van der Waals surface area contributed by atoms with Gasteiger partial charge in [-0.15, -0.1) is 0 Å². The number of carbonyl (C=O) groups excluding carboxylic acids is 4. The number of carbonyl (C=O) groups is 5. The molecule has 0 aliphatic rings. The van der Waals surface area contributed by atoms with Crippen molar-refractivity contribution in [2.75, 3.05) is 0 Å². The Morgan fingerprint density at radius 3 is 2.06 bits per heavy atom. The van der Waals surface area contributed by atoms with E-state index < -0.39 is 47.7 Å². The van der Waals surface area contributed by atoms with Gasteiger partial charge in [0.25, 0.3) is 5.91 Å². The number of rotatable bonds is 13. The number of nitrogens with two attached hydrogens (primary N) is 1. The Labute approximate surface area is 199 Å². The second-order valence-corrected chi connectivity index (χ2v) is 8.19. The molecule has 10 nitrogen and oxygen atoms in total. The number of hydrogen-bond acceptors (Lipinski definition) is 5. The minimum Gasteiger partial charge on any atom is -0.480 e. The van der Waals surface area contributed by atoms with Crippen LogP contribution in [0.15, 0.2) is 30.3 Å². The third-order valence-electron chi connectivity index (χ3n) is 4.78. The normalized spacial score (nSPS) is 12.9. The lowest BCUT2D eigenvalue weighted by molar-refractivity contribution is -0.142. The highest BCUT2D eigenvalue weighted by molar-refractivity contribution is 5.98. The number of carboxylic acid groups (broad SMARTS) is 1. The monoisotopic (exact) mass is 472 g/mol. The molecule has 0 aliphatic heterocycles. The van der Waals surface area contributed by atoms with Crippen LogP contribution in [0, 0.1) is 17.8 Å². The van der Waals surface area contributed by atoms with Gasteiger partial charge in [-0.05, 0) is 37.2 Å². The van der Waals surface area contributed by atoms with Crippen molar-refractivity contribution in [2.45, 2.75) is 64.6 Å². The van der Waals surface area contributed by atoms with Crippen LogP contribution in [0.1, 0.15) is 45.6 Å². The maximum Gasteiger partial charge on any atom is 0.326 e. The molecule has 0 fully saturated rings.